The number of anilines is 3. The molecule has 8 heteroatoms. The zero-order valence-corrected chi connectivity index (χ0v) is 18.8. The number of hydrogen-bond acceptors (Lipinski definition) is 6. The van der Waals surface area contributed by atoms with E-state index >= 15 is 0 Å². The van der Waals surface area contributed by atoms with E-state index in [1.165, 1.54) is 4.90 Å². The zero-order chi connectivity index (χ0) is 22.5. The molecule has 0 amide bonds. The summed E-state index contributed by atoms with van der Waals surface area (Å²) in [5, 5.41) is 16.7. The summed E-state index contributed by atoms with van der Waals surface area (Å²) in [5.41, 5.74) is 3.63. The molecule has 166 valence electrons. The van der Waals surface area contributed by atoms with Gasteiger partial charge in [0.1, 0.15) is 23.7 Å². The average Bonchev–Trinajstić information content (AvgIpc) is 3.23. The molecule has 4 N–H and O–H groups in total. The van der Waals surface area contributed by atoms with Crippen molar-refractivity contribution in [1.29, 1.82) is 0 Å². The number of hydrogen-bond donors (Lipinski definition) is 4. The maximum atomic E-state index is 9.91. The van der Waals surface area contributed by atoms with Gasteiger partial charge in [-0.05, 0) is 44.5 Å². The van der Waals surface area contributed by atoms with Crippen LogP contribution in [0, 0.1) is 6.92 Å². The number of nitrogens with one attached hydrogen (secondary N) is 3. The van der Waals surface area contributed by atoms with Crippen molar-refractivity contribution in [1.82, 2.24) is 19.5 Å². The van der Waals surface area contributed by atoms with E-state index in [0.717, 1.165) is 54.3 Å². The van der Waals surface area contributed by atoms with Crippen LogP contribution in [0.25, 0.3) is 17.0 Å². The number of phenols is 1. The van der Waals surface area contributed by atoms with Gasteiger partial charge in [0.05, 0.1) is 37.2 Å². The Labute approximate surface area is 188 Å². The Balaban J connectivity index is 1.68. The summed E-state index contributed by atoms with van der Waals surface area (Å²) in [6.45, 7) is 10.4. The van der Waals surface area contributed by atoms with E-state index in [1.807, 2.05) is 47.9 Å². The molecule has 0 saturated carbocycles. The van der Waals surface area contributed by atoms with Crippen LogP contribution >= 0.6 is 0 Å². The van der Waals surface area contributed by atoms with Crippen molar-refractivity contribution < 1.29 is 10.0 Å². The van der Waals surface area contributed by atoms with Gasteiger partial charge in [0.25, 0.3) is 0 Å². The summed E-state index contributed by atoms with van der Waals surface area (Å²) in [4.78, 5) is 15.5. The number of quaternary nitrogens is 1. The minimum atomic E-state index is 0.202. The summed E-state index contributed by atoms with van der Waals surface area (Å²) in [6.07, 6.45) is 1.74. The van der Waals surface area contributed by atoms with Crippen molar-refractivity contribution in [3.63, 3.8) is 0 Å². The summed E-state index contributed by atoms with van der Waals surface area (Å²) >= 11 is 0. The van der Waals surface area contributed by atoms with Crippen molar-refractivity contribution in [2.24, 2.45) is 0 Å². The fourth-order valence-electron chi connectivity index (χ4n) is 3.67. The normalized spacial score (nSPS) is 11.2. The molecule has 0 aliphatic rings. The standard InChI is InChI=1S/C24H29N7O/c1-4-30(5-2)13-12-25-22-15-23(27-20-14-18(32)11-10-17(20)3)29-24(28-22)31-16-26-19-8-6-7-9-21(19)31/h6-11,14-16,32H,4-5,12-13H2,1-3H3,(H2,25,27,28,29)/p+1. The molecular weight excluding hydrogens is 402 g/mol. The van der Waals surface area contributed by atoms with Gasteiger partial charge < -0.3 is 20.6 Å². The zero-order valence-electron chi connectivity index (χ0n) is 18.8. The molecule has 0 spiro atoms. The maximum absolute atomic E-state index is 9.91. The minimum Gasteiger partial charge on any atom is -0.508 e. The monoisotopic (exact) mass is 432 g/mol. The van der Waals surface area contributed by atoms with Crippen LogP contribution < -0.4 is 15.5 Å². The number of likely N-dealkylation sites (N-methyl/N-ethyl adjacent to an activating group) is 1. The van der Waals surface area contributed by atoms with Crippen LogP contribution in [0.5, 0.6) is 5.75 Å². The van der Waals surface area contributed by atoms with Crippen LogP contribution in [0.3, 0.4) is 0 Å². The van der Waals surface area contributed by atoms with Crippen LogP contribution in [-0.2, 0) is 0 Å². The first kappa shape index (κ1) is 21.6. The van der Waals surface area contributed by atoms with Gasteiger partial charge in [-0.15, -0.1) is 0 Å². The van der Waals surface area contributed by atoms with Crippen LogP contribution in [0.2, 0.25) is 0 Å². The summed E-state index contributed by atoms with van der Waals surface area (Å²) in [6, 6.07) is 15.0. The predicted octanol–water partition coefficient (Wildman–Crippen LogP) is 2.91. The van der Waals surface area contributed by atoms with Gasteiger partial charge in [-0.25, -0.2) is 4.98 Å². The number of para-hydroxylation sites is 2. The molecule has 0 fully saturated rings. The summed E-state index contributed by atoms with van der Waals surface area (Å²) in [5.74, 6) is 2.10. The van der Waals surface area contributed by atoms with E-state index in [9.17, 15) is 5.11 Å². The van der Waals surface area contributed by atoms with E-state index < -0.39 is 0 Å². The fourth-order valence-corrected chi connectivity index (χ4v) is 3.67. The van der Waals surface area contributed by atoms with Crippen LogP contribution in [-0.4, -0.2) is 50.8 Å². The molecule has 0 unspecified atom stereocenters. The molecule has 0 bridgehead atoms. The third kappa shape index (κ3) is 4.81. The molecule has 0 radical (unpaired) electrons. The lowest BCUT2D eigenvalue weighted by atomic mass is 10.2. The molecule has 2 aromatic heterocycles. The van der Waals surface area contributed by atoms with Gasteiger partial charge in [-0.2, -0.15) is 9.97 Å². The predicted molar refractivity (Wildman–Crippen MR) is 128 cm³/mol. The second-order valence-corrected chi connectivity index (χ2v) is 7.80. The Kier molecular flexibility index (Phi) is 6.51. The summed E-state index contributed by atoms with van der Waals surface area (Å²) in [7, 11) is 0. The molecule has 2 aromatic carbocycles. The Hall–Kier alpha value is -3.65. The van der Waals surface area contributed by atoms with Crippen molar-refractivity contribution in [3.8, 4) is 11.7 Å². The molecule has 4 rings (SSSR count). The van der Waals surface area contributed by atoms with Gasteiger partial charge in [0.2, 0.25) is 5.95 Å². The molecule has 0 saturated heterocycles. The van der Waals surface area contributed by atoms with E-state index in [4.69, 9.17) is 9.97 Å². The molecular formula is C24H30N7O+. The Morgan fingerprint density at radius 3 is 2.59 bits per heavy atom. The number of rotatable bonds is 9. The van der Waals surface area contributed by atoms with Gasteiger partial charge >= 0.3 is 0 Å². The number of aromatic nitrogens is 4. The van der Waals surface area contributed by atoms with Crippen molar-refractivity contribution >= 4 is 28.4 Å². The fraction of sp³-hybridized carbons (Fsp3) is 0.292. The molecule has 4 aromatic rings. The third-order valence-electron chi connectivity index (χ3n) is 5.65. The Morgan fingerprint density at radius 2 is 1.78 bits per heavy atom. The first-order chi connectivity index (χ1) is 15.6. The molecule has 0 aliphatic carbocycles. The Morgan fingerprint density at radius 1 is 1.00 bits per heavy atom. The highest BCUT2D eigenvalue weighted by molar-refractivity contribution is 5.76. The van der Waals surface area contributed by atoms with E-state index in [2.05, 4.69) is 29.5 Å². The van der Waals surface area contributed by atoms with Crippen LogP contribution in [0.4, 0.5) is 17.3 Å². The topological polar surface area (TPSA) is 92.3 Å². The quantitative estimate of drug-likeness (QED) is 0.325. The number of benzene rings is 2. The van der Waals surface area contributed by atoms with Gasteiger partial charge in [0, 0.05) is 17.8 Å². The van der Waals surface area contributed by atoms with E-state index in [1.54, 1.807) is 18.5 Å². The largest absolute Gasteiger partial charge is 0.508 e. The number of aryl methyl sites for hydroxylation is 1. The molecule has 2 heterocycles. The number of fused-ring (bicyclic) bond motifs is 1. The average molecular weight is 433 g/mol. The number of imidazole rings is 1. The first-order valence-corrected chi connectivity index (χ1v) is 11.0. The van der Waals surface area contributed by atoms with Crippen LogP contribution in [0.15, 0.2) is 54.9 Å². The highest BCUT2D eigenvalue weighted by atomic mass is 16.3. The number of aromatic hydroxyl groups is 1. The van der Waals surface area contributed by atoms with Gasteiger partial charge in [0.15, 0.2) is 0 Å². The highest BCUT2D eigenvalue weighted by Crippen LogP contribution is 2.26. The summed E-state index contributed by atoms with van der Waals surface area (Å²) < 4.78 is 1.89. The first-order valence-electron chi connectivity index (χ1n) is 11.0. The molecule has 0 aliphatic heterocycles. The minimum absolute atomic E-state index is 0.202. The van der Waals surface area contributed by atoms with Crippen molar-refractivity contribution in [3.05, 3.63) is 60.4 Å². The maximum Gasteiger partial charge on any atom is 0.239 e. The lowest BCUT2D eigenvalue weighted by Gasteiger charge is -2.17. The second kappa shape index (κ2) is 9.65. The lowest BCUT2D eigenvalue weighted by molar-refractivity contribution is -0.894. The number of nitrogens with zero attached hydrogens (tertiary/aromatic N) is 4. The smallest absolute Gasteiger partial charge is 0.239 e. The third-order valence-corrected chi connectivity index (χ3v) is 5.65. The molecule has 32 heavy (non-hydrogen) atoms. The second-order valence-electron chi connectivity index (χ2n) is 7.80. The van der Waals surface area contributed by atoms with Crippen LogP contribution in [0.1, 0.15) is 19.4 Å². The van der Waals surface area contributed by atoms with Crippen molar-refractivity contribution in [2.45, 2.75) is 20.8 Å². The van der Waals surface area contributed by atoms with Gasteiger partial charge in [-0.1, -0.05) is 18.2 Å². The van der Waals surface area contributed by atoms with Gasteiger partial charge in [-0.3, -0.25) is 4.57 Å². The van der Waals surface area contributed by atoms with E-state index in [-0.39, 0.29) is 5.75 Å². The molecule has 0 atom stereocenters. The lowest BCUT2D eigenvalue weighted by Crippen LogP contribution is -3.12. The Bertz CT molecular complexity index is 1200. The van der Waals surface area contributed by atoms with E-state index in [0.29, 0.717) is 11.8 Å². The SMILES string of the molecule is CC[NH+](CC)CCNc1cc(Nc2cc(O)ccc2C)nc(-n2cnc3ccccc32)n1. The highest BCUT2D eigenvalue weighted by Gasteiger charge is 2.12. The van der Waals surface area contributed by atoms with Crippen molar-refractivity contribution in [2.75, 3.05) is 36.8 Å². The molecule has 8 nitrogen and oxygen atoms in total. The number of phenolic OH excluding ortho intramolecular Hbond substituents is 1.